The zero-order chi connectivity index (χ0) is 17.8. The SMILES string of the molecule is CC(C)CNC(=O)c1csc(N2CCN(c3ccc(F)cc3)CC2)n1. The zero-order valence-electron chi connectivity index (χ0n) is 14.5. The van der Waals surface area contributed by atoms with Gasteiger partial charge in [0.1, 0.15) is 11.5 Å². The Morgan fingerprint density at radius 1 is 1.20 bits per heavy atom. The molecule has 0 spiro atoms. The first-order valence-electron chi connectivity index (χ1n) is 8.52. The summed E-state index contributed by atoms with van der Waals surface area (Å²) in [5, 5.41) is 5.60. The van der Waals surface area contributed by atoms with E-state index in [9.17, 15) is 9.18 Å². The van der Waals surface area contributed by atoms with Crippen LogP contribution >= 0.6 is 11.3 Å². The molecule has 1 aromatic carbocycles. The molecule has 5 nitrogen and oxygen atoms in total. The van der Waals surface area contributed by atoms with Crippen LogP contribution in [0.25, 0.3) is 0 Å². The summed E-state index contributed by atoms with van der Waals surface area (Å²) in [6, 6.07) is 6.60. The van der Waals surface area contributed by atoms with Gasteiger partial charge in [0.2, 0.25) is 0 Å². The Morgan fingerprint density at radius 3 is 2.48 bits per heavy atom. The van der Waals surface area contributed by atoms with E-state index in [1.54, 1.807) is 0 Å². The van der Waals surface area contributed by atoms with Crippen molar-refractivity contribution in [3.05, 3.63) is 41.2 Å². The lowest BCUT2D eigenvalue weighted by molar-refractivity contribution is 0.0945. The lowest BCUT2D eigenvalue weighted by atomic mass is 10.2. The van der Waals surface area contributed by atoms with Gasteiger partial charge < -0.3 is 15.1 Å². The predicted octanol–water partition coefficient (Wildman–Crippen LogP) is 2.99. The van der Waals surface area contributed by atoms with Gasteiger partial charge in [-0.3, -0.25) is 4.79 Å². The minimum absolute atomic E-state index is 0.110. The van der Waals surface area contributed by atoms with Crippen LogP contribution in [0.4, 0.5) is 15.2 Å². The molecule has 2 aromatic rings. The first-order valence-corrected chi connectivity index (χ1v) is 9.40. The largest absolute Gasteiger partial charge is 0.368 e. The average Bonchev–Trinajstić information content (AvgIpc) is 3.11. The highest BCUT2D eigenvalue weighted by Crippen LogP contribution is 2.24. The summed E-state index contributed by atoms with van der Waals surface area (Å²) >= 11 is 1.50. The third-order valence-corrected chi connectivity index (χ3v) is 5.04. The van der Waals surface area contributed by atoms with Gasteiger partial charge in [-0.2, -0.15) is 0 Å². The van der Waals surface area contributed by atoms with E-state index >= 15 is 0 Å². The second-order valence-corrected chi connectivity index (χ2v) is 7.41. The van der Waals surface area contributed by atoms with Crippen LogP contribution in [-0.4, -0.2) is 43.6 Å². The number of amides is 1. The molecule has 7 heteroatoms. The molecule has 1 saturated heterocycles. The number of aromatic nitrogens is 1. The highest BCUT2D eigenvalue weighted by atomic mass is 32.1. The minimum atomic E-state index is -0.214. The number of carbonyl (C=O) groups excluding carboxylic acids is 1. The molecule has 1 aromatic heterocycles. The normalized spacial score (nSPS) is 14.9. The van der Waals surface area contributed by atoms with Crippen LogP contribution in [0.3, 0.4) is 0 Å². The molecule has 0 bridgehead atoms. The van der Waals surface area contributed by atoms with Crippen LogP contribution in [0, 0.1) is 11.7 Å². The van der Waals surface area contributed by atoms with Gasteiger partial charge in [0, 0.05) is 43.8 Å². The highest BCUT2D eigenvalue weighted by Gasteiger charge is 2.21. The van der Waals surface area contributed by atoms with Crippen molar-refractivity contribution in [2.75, 3.05) is 42.5 Å². The molecule has 1 aliphatic heterocycles. The van der Waals surface area contributed by atoms with Crippen molar-refractivity contribution < 1.29 is 9.18 Å². The summed E-state index contributed by atoms with van der Waals surface area (Å²) in [6.07, 6.45) is 0. The number of halogens is 1. The fraction of sp³-hybridized carbons (Fsp3) is 0.444. The van der Waals surface area contributed by atoms with Crippen LogP contribution < -0.4 is 15.1 Å². The van der Waals surface area contributed by atoms with Gasteiger partial charge in [0.15, 0.2) is 5.13 Å². The van der Waals surface area contributed by atoms with Crippen molar-refractivity contribution in [1.29, 1.82) is 0 Å². The van der Waals surface area contributed by atoms with Crippen LogP contribution in [0.5, 0.6) is 0 Å². The standard InChI is InChI=1S/C18H23FN4OS/c1-13(2)11-20-17(24)16-12-25-18(21-16)23-9-7-22(8-10-23)15-5-3-14(19)4-6-15/h3-6,12-13H,7-11H2,1-2H3,(H,20,24). The molecule has 1 fully saturated rings. The van der Waals surface area contributed by atoms with Gasteiger partial charge in [0.25, 0.3) is 5.91 Å². The molecule has 134 valence electrons. The van der Waals surface area contributed by atoms with E-state index in [1.807, 2.05) is 17.5 Å². The number of rotatable bonds is 5. The topological polar surface area (TPSA) is 48.5 Å². The summed E-state index contributed by atoms with van der Waals surface area (Å²) in [5.74, 6) is 0.0937. The van der Waals surface area contributed by atoms with Gasteiger partial charge in [-0.15, -0.1) is 11.3 Å². The van der Waals surface area contributed by atoms with E-state index in [2.05, 4.69) is 33.9 Å². The first kappa shape index (κ1) is 17.7. The molecule has 0 aliphatic carbocycles. The van der Waals surface area contributed by atoms with Gasteiger partial charge >= 0.3 is 0 Å². The molecule has 25 heavy (non-hydrogen) atoms. The van der Waals surface area contributed by atoms with E-state index in [0.717, 1.165) is 37.0 Å². The molecule has 1 amide bonds. The van der Waals surface area contributed by atoms with E-state index in [0.29, 0.717) is 18.2 Å². The summed E-state index contributed by atoms with van der Waals surface area (Å²) in [6.45, 7) is 8.14. The number of benzene rings is 1. The maximum atomic E-state index is 13.0. The third-order valence-electron chi connectivity index (χ3n) is 4.14. The molecular weight excluding hydrogens is 339 g/mol. The minimum Gasteiger partial charge on any atom is -0.368 e. The first-order chi connectivity index (χ1) is 12.0. The lowest BCUT2D eigenvalue weighted by Crippen LogP contribution is -2.46. The molecule has 1 N–H and O–H groups in total. The van der Waals surface area contributed by atoms with Gasteiger partial charge in [-0.05, 0) is 30.2 Å². The Hall–Kier alpha value is -2.15. The maximum Gasteiger partial charge on any atom is 0.270 e. The Morgan fingerprint density at radius 2 is 1.84 bits per heavy atom. The van der Waals surface area contributed by atoms with Crippen molar-refractivity contribution in [3.8, 4) is 0 Å². The van der Waals surface area contributed by atoms with Crippen LogP contribution in [0.1, 0.15) is 24.3 Å². The van der Waals surface area contributed by atoms with E-state index < -0.39 is 0 Å². The highest BCUT2D eigenvalue weighted by molar-refractivity contribution is 7.13. The van der Waals surface area contributed by atoms with Crippen molar-refractivity contribution >= 4 is 28.1 Å². The zero-order valence-corrected chi connectivity index (χ0v) is 15.4. The Bertz CT molecular complexity index is 708. The van der Waals surface area contributed by atoms with Crippen LogP contribution in [-0.2, 0) is 0 Å². The number of nitrogens with one attached hydrogen (secondary N) is 1. The third kappa shape index (κ3) is 4.48. The number of hydrogen-bond donors (Lipinski definition) is 1. The molecule has 0 saturated carbocycles. The van der Waals surface area contributed by atoms with Crippen LogP contribution in [0.15, 0.2) is 29.6 Å². The van der Waals surface area contributed by atoms with Crippen molar-refractivity contribution in [3.63, 3.8) is 0 Å². The van der Waals surface area contributed by atoms with Crippen molar-refractivity contribution in [2.24, 2.45) is 5.92 Å². The van der Waals surface area contributed by atoms with Crippen molar-refractivity contribution in [2.45, 2.75) is 13.8 Å². The number of carbonyl (C=O) groups is 1. The predicted molar refractivity (Wildman–Crippen MR) is 100 cm³/mol. The molecule has 2 heterocycles. The number of hydrogen-bond acceptors (Lipinski definition) is 5. The van der Waals surface area contributed by atoms with E-state index in [4.69, 9.17) is 0 Å². The van der Waals surface area contributed by atoms with Gasteiger partial charge in [0.05, 0.1) is 0 Å². The Labute approximate surface area is 151 Å². The fourth-order valence-corrected chi connectivity index (χ4v) is 3.57. The van der Waals surface area contributed by atoms with Gasteiger partial charge in [-0.1, -0.05) is 13.8 Å². The maximum absolute atomic E-state index is 13.0. The molecular formula is C18H23FN4OS. The summed E-state index contributed by atoms with van der Waals surface area (Å²) < 4.78 is 13.0. The van der Waals surface area contributed by atoms with Crippen molar-refractivity contribution in [1.82, 2.24) is 10.3 Å². The molecule has 0 radical (unpaired) electrons. The number of anilines is 2. The molecule has 0 unspecified atom stereocenters. The number of piperazine rings is 1. The molecule has 1 aliphatic rings. The second-order valence-electron chi connectivity index (χ2n) is 6.57. The fourth-order valence-electron chi connectivity index (χ4n) is 2.71. The summed E-state index contributed by atoms with van der Waals surface area (Å²) in [4.78, 5) is 21.0. The summed E-state index contributed by atoms with van der Waals surface area (Å²) in [7, 11) is 0. The Kier molecular flexibility index (Phi) is 5.53. The van der Waals surface area contributed by atoms with Crippen LogP contribution in [0.2, 0.25) is 0 Å². The molecule has 0 atom stereocenters. The molecule has 3 rings (SSSR count). The quantitative estimate of drug-likeness (QED) is 0.888. The summed E-state index contributed by atoms with van der Waals surface area (Å²) in [5.41, 5.74) is 1.52. The average molecular weight is 362 g/mol. The van der Waals surface area contributed by atoms with E-state index in [1.165, 1.54) is 23.5 Å². The number of thiazole rings is 1. The monoisotopic (exact) mass is 362 g/mol. The Balaban J connectivity index is 1.56. The lowest BCUT2D eigenvalue weighted by Gasteiger charge is -2.36. The smallest absolute Gasteiger partial charge is 0.270 e. The van der Waals surface area contributed by atoms with E-state index in [-0.39, 0.29) is 11.7 Å². The number of nitrogens with zero attached hydrogens (tertiary/aromatic N) is 3. The second kappa shape index (κ2) is 7.82. The van der Waals surface area contributed by atoms with Gasteiger partial charge in [-0.25, -0.2) is 9.37 Å².